The number of ether oxygens (including phenoxy) is 1. The Morgan fingerprint density at radius 1 is 1.46 bits per heavy atom. The van der Waals surface area contributed by atoms with Crippen LogP contribution in [0.3, 0.4) is 0 Å². The highest BCUT2D eigenvalue weighted by molar-refractivity contribution is 5.95. The van der Waals surface area contributed by atoms with Gasteiger partial charge in [0.1, 0.15) is 11.6 Å². The number of nitrogens with two attached hydrogens (primary N) is 1. The van der Waals surface area contributed by atoms with Crippen LogP contribution in [0.25, 0.3) is 0 Å². The Morgan fingerprint density at radius 3 is 2.83 bits per heavy atom. The number of nitrogens with zero attached hydrogens (tertiary/aromatic N) is 1. The Labute approximate surface area is 146 Å². The maximum atomic E-state index is 14.0. The molecule has 1 aromatic carbocycles. The monoisotopic (exact) mass is 359 g/mol. The minimum absolute atomic E-state index is 0. The second-order valence-electron chi connectivity index (χ2n) is 5.52. The first-order chi connectivity index (χ1) is 11.1. The molecule has 6 nitrogen and oxygen atoms in total. The zero-order valence-corrected chi connectivity index (χ0v) is 14.4. The van der Waals surface area contributed by atoms with E-state index >= 15 is 0 Å². The molecule has 3 N–H and O–H groups in total. The van der Waals surface area contributed by atoms with Crippen molar-refractivity contribution < 1.29 is 18.7 Å². The van der Waals surface area contributed by atoms with Crippen LogP contribution >= 0.6 is 12.4 Å². The van der Waals surface area contributed by atoms with Gasteiger partial charge in [-0.3, -0.25) is 9.59 Å². The van der Waals surface area contributed by atoms with Gasteiger partial charge in [0.2, 0.25) is 5.91 Å². The summed E-state index contributed by atoms with van der Waals surface area (Å²) >= 11 is 0. The van der Waals surface area contributed by atoms with E-state index in [0.717, 1.165) is 0 Å². The number of carbonyl (C=O) groups is 2. The normalized spacial score (nSPS) is 17.0. The van der Waals surface area contributed by atoms with Crippen LogP contribution in [0.15, 0.2) is 18.2 Å². The van der Waals surface area contributed by atoms with Crippen LogP contribution < -0.4 is 15.8 Å². The van der Waals surface area contributed by atoms with Gasteiger partial charge >= 0.3 is 0 Å². The zero-order valence-electron chi connectivity index (χ0n) is 13.6. The SMILES string of the molecule is COc1ccc(C(=O)N2CCCC(C(=O)NCCN)C2)c(F)c1.Cl. The van der Waals surface area contributed by atoms with Gasteiger partial charge in [0.25, 0.3) is 5.91 Å². The van der Waals surface area contributed by atoms with Crippen LogP contribution in [0.5, 0.6) is 5.75 Å². The van der Waals surface area contributed by atoms with Gasteiger partial charge in [0.15, 0.2) is 0 Å². The summed E-state index contributed by atoms with van der Waals surface area (Å²) in [4.78, 5) is 26.0. The Bertz CT molecular complexity index is 586. The summed E-state index contributed by atoms with van der Waals surface area (Å²) < 4.78 is 19.0. The van der Waals surface area contributed by atoms with Gasteiger partial charge in [-0.2, -0.15) is 0 Å². The third kappa shape index (κ3) is 4.82. The number of hydrogen-bond acceptors (Lipinski definition) is 4. The molecule has 1 fully saturated rings. The average molecular weight is 360 g/mol. The minimum Gasteiger partial charge on any atom is -0.497 e. The molecule has 134 valence electrons. The summed E-state index contributed by atoms with van der Waals surface area (Å²) in [6.07, 6.45) is 1.43. The van der Waals surface area contributed by atoms with Crippen LogP contribution in [0.1, 0.15) is 23.2 Å². The highest BCUT2D eigenvalue weighted by Gasteiger charge is 2.29. The largest absolute Gasteiger partial charge is 0.497 e. The fourth-order valence-electron chi connectivity index (χ4n) is 2.68. The molecule has 0 spiro atoms. The molecule has 1 aliphatic rings. The smallest absolute Gasteiger partial charge is 0.256 e. The first-order valence-corrected chi connectivity index (χ1v) is 7.67. The first kappa shape index (κ1) is 20.2. The van der Waals surface area contributed by atoms with Gasteiger partial charge in [0.05, 0.1) is 18.6 Å². The van der Waals surface area contributed by atoms with Crippen molar-refractivity contribution >= 4 is 24.2 Å². The highest BCUT2D eigenvalue weighted by atomic mass is 35.5. The molecule has 0 aliphatic carbocycles. The van der Waals surface area contributed by atoms with Crippen LogP contribution in [0.4, 0.5) is 4.39 Å². The molecule has 2 amide bonds. The van der Waals surface area contributed by atoms with Crippen molar-refractivity contribution in [3.8, 4) is 5.75 Å². The Balaban J connectivity index is 0.00000288. The molecule has 1 unspecified atom stereocenters. The topological polar surface area (TPSA) is 84.7 Å². The van der Waals surface area contributed by atoms with Crippen molar-refractivity contribution in [2.45, 2.75) is 12.8 Å². The summed E-state index contributed by atoms with van der Waals surface area (Å²) in [7, 11) is 1.44. The minimum atomic E-state index is -0.621. The van der Waals surface area contributed by atoms with Gasteiger partial charge in [0, 0.05) is 32.2 Å². The van der Waals surface area contributed by atoms with E-state index < -0.39 is 11.7 Å². The molecule has 1 aliphatic heterocycles. The number of benzene rings is 1. The molecule has 1 aromatic rings. The molecular weight excluding hydrogens is 337 g/mol. The number of likely N-dealkylation sites (tertiary alicyclic amines) is 1. The Kier molecular flexibility index (Phi) is 7.94. The predicted molar refractivity (Wildman–Crippen MR) is 90.9 cm³/mol. The third-order valence-corrected chi connectivity index (χ3v) is 3.93. The molecule has 8 heteroatoms. The maximum absolute atomic E-state index is 14.0. The van der Waals surface area contributed by atoms with E-state index in [1.54, 1.807) is 6.07 Å². The van der Waals surface area contributed by atoms with E-state index in [0.29, 0.717) is 44.8 Å². The zero-order chi connectivity index (χ0) is 16.8. The summed E-state index contributed by atoms with van der Waals surface area (Å²) in [5, 5.41) is 2.74. The molecule has 1 heterocycles. The second kappa shape index (κ2) is 9.44. The van der Waals surface area contributed by atoms with E-state index in [1.165, 1.54) is 24.1 Å². The lowest BCUT2D eigenvalue weighted by Gasteiger charge is -2.32. The lowest BCUT2D eigenvalue weighted by Crippen LogP contribution is -2.46. The summed E-state index contributed by atoms with van der Waals surface area (Å²) in [6, 6.07) is 4.14. The standard InChI is InChI=1S/C16H22FN3O3.ClH/c1-23-12-4-5-13(14(17)9-12)16(22)20-8-2-3-11(10-20)15(21)19-7-6-18;/h4-5,9,11H,2-3,6-8,10,18H2,1H3,(H,19,21);1H. The number of nitrogens with one attached hydrogen (secondary N) is 1. The number of halogens is 2. The van der Waals surface area contributed by atoms with Gasteiger partial charge < -0.3 is 20.7 Å². The predicted octanol–water partition coefficient (Wildman–Crippen LogP) is 1.18. The average Bonchev–Trinajstić information content (AvgIpc) is 2.59. The highest BCUT2D eigenvalue weighted by Crippen LogP contribution is 2.22. The van der Waals surface area contributed by atoms with E-state index in [1.807, 2.05) is 0 Å². The molecule has 24 heavy (non-hydrogen) atoms. The Morgan fingerprint density at radius 2 is 2.21 bits per heavy atom. The van der Waals surface area contributed by atoms with Crippen LogP contribution in [0, 0.1) is 11.7 Å². The molecule has 2 rings (SSSR count). The number of piperidine rings is 1. The van der Waals surface area contributed by atoms with Crippen molar-refractivity contribution in [2.75, 3.05) is 33.3 Å². The summed E-state index contributed by atoms with van der Waals surface area (Å²) in [5.74, 6) is -1.05. The van der Waals surface area contributed by atoms with E-state index in [2.05, 4.69) is 5.32 Å². The van der Waals surface area contributed by atoms with E-state index in [9.17, 15) is 14.0 Å². The van der Waals surface area contributed by atoms with E-state index in [-0.39, 0.29) is 29.8 Å². The fourth-order valence-corrected chi connectivity index (χ4v) is 2.68. The number of rotatable bonds is 5. The van der Waals surface area contributed by atoms with Gasteiger partial charge in [-0.1, -0.05) is 0 Å². The fraction of sp³-hybridized carbons (Fsp3) is 0.500. The van der Waals surface area contributed by atoms with Crippen molar-refractivity contribution in [3.05, 3.63) is 29.6 Å². The number of carbonyl (C=O) groups excluding carboxylic acids is 2. The number of methoxy groups -OCH3 is 1. The molecule has 0 aromatic heterocycles. The van der Waals surface area contributed by atoms with Gasteiger partial charge in [-0.15, -0.1) is 12.4 Å². The van der Waals surface area contributed by atoms with Crippen LogP contribution in [0.2, 0.25) is 0 Å². The van der Waals surface area contributed by atoms with E-state index in [4.69, 9.17) is 10.5 Å². The molecule has 0 bridgehead atoms. The van der Waals surface area contributed by atoms with Crippen molar-refractivity contribution in [1.82, 2.24) is 10.2 Å². The molecule has 0 radical (unpaired) electrons. The maximum Gasteiger partial charge on any atom is 0.256 e. The molecule has 0 saturated carbocycles. The first-order valence-electron chi connectivity index (χ1n) is 7.67. The lowest BCUT2D eigenvalue weighted by molar-refractivity contribution is -0.126. The number of amides is 2. The van der Waals surface area contributed by atoms with Crippen LogP contribution in [-0.4, -0.2) is 50.0 Å². The quantitative estimate of drug-likeness (QED) is 0.826. The Hall–Kier alpha value is -1.86. The third-order valence-electron chi connectivity index (χ3n) is 3.93. The summed E-state index contributed by atoms with van der Waals surface area (Å²) in [5.41, 5.74) is 5.36. The molecule has 1 saturated heterocycles. The second-order valence-corrected chi connectivity index (χ2v) is 5.52. The molecule has 1 atom stereocenters. The van der Waals surface area contributed by atoms with Crippen molar-refractivity contribution in [1.29, 1.82) is 0 Å². The summed E-state index contributed by atoms with van der Waals surface area (Å²) in [6.45, 7) is 1.60. The lowest BCUT2D eigenvalue weighted by atomic mass is 9.96. The molecular formula is C16H23ClFN3O3. The van der Waals surface area contributed by atoms with Gasteiger partial charge in [-0.25, -0.2) is 4.39 Å². The van der Waals surface area contributed by atoms with Crippen molar-refractivity contribution in [3.63, 3.8) is 0 Å². The van der Waals surface area contributed by atoms with Crippen molar-refractivity contribution in [2.24, 2.45) is 11.7 Å². The van der Waals surface area contributed by atoms with Gasteiger partial charge in [-0.05, 0) is 25.0 Å². The van der Waals surface area contributed by atoms with Crippen LogP contribution in [-0.2, 0) is 4.79 Å². The number of hydrogen-bond donors (Lipinski definition) is 2.